The quantitative estimate of drug-likeness (QED) is 0.136. The zero-order valence-corrected chi connectivity index (χ0v) is 30.9. The molecular weight excluding hydrogens is 640 g/mol. The average Bonchev–Trinajstić information content (AvgIpc) is 3.84. The molecule has 0 bridgehead atoms. The summed E-state index contributed by atoms with van der Waals surface area (Å²) in [6.45, 7) is 0. The second-order valence-electron chi connectivity index (χ2n) is 13.5. The second kappa shape index (κ2) is 16.8. The smallest absolute Gasteiger partial charge is 0.362 e. The first kappa shape index (κ1) is 33.8. The maximum atomic E-state index is 6.52. The van der Waals surface area contributed by atoms with Gasteiger partial charge in [0.05, 0.1) is 23.8 Å². The summed E-state index contributed by atoms with van der Waals surface area (Å²) in [6.07, 6.45) is 20.4. The largest absolute Gasteiger partial charge is 0.465 e. The van der Waals surface area contributed by atoms with Gasteiger partial charge in [0.2, 0.25) is 0 Å². The minimum absolute atomic E-state index is 0.491. The van der Waals surface area contributed by atoms with E-state index in [2.05, 4.69) is 72.8 Å². The maximum absolute atomic E-state index is 6.52. The Bertz CT molecular complexity index is 1740. The van der Waals surface area contributed by atoms with Crippen molar-refractivity contribution in [1.29, 1.82) is 0 Å². The monoisotopic (exact) mass is 687 g/mol. The van der Waals surface area contributed by atoms with Gasteiger partial charge in [-0.2, -0.15) is 0 Å². The van der Waals surface area contributed by atoms with Crippen molar-refractivity contribution in [2.45, 2.75) is 87.9 Å². The van der Waals surface area contributed by atoms with E-state index in [0.717, 1.165) is 30.9 Å². The number of hydrogen-bond donors (Lipinski definition) is 0. The first-order chi connectivity index (χ1) is 23.7. The number of furan rings is 2. The third-order valence-corrected chi connectivity index (χ3v) is 15.7. The molecule has 3 heterocycles. The summed E-state index contributed by atoms with van der Waals surface area (Å²) in [5.41, 5.74) is 9.82. The van der Waals surface area contributed by atoms with Crippen LogP contribution in [0, 0.1) is 0 Å². The molecule has 9 rings (SSSR count). The summed E-state index contributed by atoms with van der Waals surface area (Å²) >= 11 is 0. The third-order valence-electron chi connectivity index (χ3n) is 10.4. The standard InChI is InChI=1S/C22H17P.C12H23BP.C8H7O2P/c1-3-7-19-15(5-1)9-11-17-13-23-14-18-12-10-16-6-2-4-8-20(16)22(18)21(17)19;13-14(11-7-3-1-4-8-11)12-9-5-2-6-10-12;1-3-7(9-5-1)11-8-4-2-6-10-8/h1-12,23H,13-14H2;11-12,14H,1-10H2;1-6,11H/q;+1;. The molecule has 0 unspecified atom stereocenters. The summed E-state index contributed by atoms with van der Waals surface area (Å²) in [5.74, 6) is 0. The topological polar surface area (TPSA) is 26.3 Å². The van der Waals surface area contributed by atoms with Gasteiger partial charge in [-0.05, 0) is 140 Å². The van der Waals surface area contributed by atoms with Crippen LogP contribution in [0.4, 0.5) is 0 Å². The highest BCUT2D eigenvalue weighted by molar-refractivity contribution is 7.83. The predicted molar refractivity (Wildman–Crippen MR) is 215 cm³/mol. The van der Waals surface area contributed by atoms with Crippen molar-refractivity contribution in [3.8, 4) is 11.1 Å². The highest BCUT2D eigenvalue weighted by atomic mass is 31.1. The molecule has 6 aromatic rings. The van der Waals surface area contributed by atoms with Crippen LogP contribution in [-0.4, -0.2) is 18.9 Å². The van der Waals surface area contributed by atoms with Crippen molar-refractivity contribution in [3.05, 3.63) is 121 Å². The van der Waals surface area contributed by atoms with E-state index in [0.29, 0.717) is 8.58 Å². The van der Waals surface area contributed by atoms with Gasteiger partial charge in [0.1, 0.15) is 11.0 Å². The number of fused-ring (bicyclic) bond motifs is 7. The molecule has 6 heteroatoms. The first-order valence-corrected chi connectivity index (χ1v) is 22.1. The molecule has 2 radical (unpaired) electrons. The summed E-state index contributed by atoms with van der Waals surface area (Å²) in [5, 5.41) is 5.48. The van der Waals surface area contributed by atoms with Crippen LogP contribution in [-0.2, 0) is 12.3 Å². The molecule has 0 N–H and O–H groups in total. The Balaban J connectivity index is 0.000000125. The Kier molecular flexibility index (Phi) is 11.8. The van der Waals surface area contributed by atoms with Crippen LogP contribution in [0.1, 0.15) is 75.3 Å². The van der Waals surface area contributed by atoms with Crippen molar-refractivity contribution in [2.24, 2.45) is 0 Å². The molecule has 2 nitrogen and oxygen atoms in total. The van der Waals surface area contributed by atoms with Crippen LogP contribution < -0.4 is 11.0 Å². The fourth-order valence-corrected chi connectivity index (χ4v) is 12.8. The average molecular weight is 688 g/mol. The fraction of sp³-hybridized carbons (Fsp3) is 0.333. The second-order valence-corrected chi connectivity index (χ2v) is 18.6. The van der Waals surface area contributed by atoms with Crippen LogP contribution in [0.3, 0.4) is 0 Å². The molecule has 0 spiro atoms. The van der Waals surface area contributed by atoms with Gasteiger partial charge in [0.15, 0.2) is 0 Å². The van der Waals surface area contributed by atoms with Crippen LogP contribution in [0.2, 0.25) is 0 Å². The van der Waals surface area contributed by atoms with Crippen LogP contribution in [0.15, 0.2) is 118 Å². The summed E-state index contributed by atoms with van der Waals surface area (Å²) in [6, 6.07) is 34.6. The molecule has 4 aromatic carbocycles. The Labute approximate surface area is 292 Å². The van der Waals surface area contributed by atoms with Crippen molar-refractivity contribution in [1.82, 2.24) is 0 Å². The maximum Gasteiger partial charge on any atom is 0.362 e. The van der Waals surface area contributed by atoms with E-state index in [1.54, 1.807) is 12.5 Å². The van der Waals surface area contributed by atoms with Crippen molar-refractivity contribution >= 4 is 65.1 Å². The molecule has 244 valence electrons. The molecule has 48 heavy (non-hydrogen) atoms. The molecule has 1 aliphatic heterocycles. The zero-order valence-electron chi connectivity index (χ0n) is 27.9. The molecule has 3 aliphatic rings. The molecule has 2 aliphatic carbocycles. The Hall–Kier alpha value is -2.69. The number of rotatable bonds is 4. The molecule has 0 saturated heterocycles. The van der Waals surface area contributed by atoms with Gasteiger partial charge in [-0.25, -0.2) is 0 Å². The van der Waals surface area contributed by atoms with E-state index in [1.807, 2.05) is 24.3 Å². The lowest BCUT2D eigenvalue weighted by atomic mass is 9.88. The predicted octanol–water partition coefficient (Wildman–Crippen LogP) is 11.8. The molecule has 2 aromatic heterocycles. The highest BCUT2D eigenvalue weighted by Gasteiger charge is 2.33. The first-order valence-electron chi connectivity index (χ1n) is 17.9. The SMILES string of the molecule is [B][PH+](C1CCCCC1)C1CCCCC1.c1ccc2c3c(ccc2c1)CPCc1ccc2ccccc2c1-3.c1coc(Pc2ccco2)c1. The molecule has 2 fully saturated rings. The van der Waals surface area contributed by atoms with Gasteiger partial charge >= 0.3 is 7.57 Å². The van der Waals surface area contributed by atoms with Gasteiger partial charge in [0.25, 0.3) is 0 Å². The Morgan fingerprint density at radius 1 is 0.542 bits per heavy atom. The minimum atomic E-state index is -0.491. The lowest BCUT2D eigenvalue weighted by Crippen LogP contribution is -2.20. The van der Waals surface area contributed by atoms with Crippen LogP contribution in [0.25, 0.3) is 32.7 Å². The van der Waals surface area contributed by atoms with Crippen molar-refractivity contribution in [3.63, 3.8) is 0 Å². The number of hydrogen-bond acceptors (Lipinski definition) is 2. The van der Waals surface area contributed by atoms with Gasteiger partial charge in [-0.3, -0.25) is 0 Å². The van der Waals surface area contributed by atoms with Crippen molar-refractivity contribution < 1.29 is 8.83 Å². The summed E-state index contributed by atoms with van der Waals surface area (Å²) in [7, 11) is 7.50. The molecular formula is C42H47BO2P3+. The lowest BCUT2D eigenvalue weighted by Gasteiger charge is -2.30. The fourth-order valence-electron chi connectivity index (χ4n) is 7.88. The molecule has 0 atom stereocenters. The van der Waals surface area contributed by atoms with E-state index in [4.69, 9.17) is 16.4 Å². The van der Waals surface area contributed by atoms with Gasteiger partial charge in [-0.1, -0.05) is 85.6 Å². The van der Waals surface area contributed by atoms with Crippen LogP contribution in [0.5, 0.6) is 0 Å². The number of benzene rings is 4. The van der Waals surface area contributed by atoms with E-state index in [9.17, 15) is 0 Å². The lowest BCUT2D eigenvalue weighted by molar-refractivity contribution is 0.488. The zero-order chi connectivity index (χ0) is 32.5. The van der Waals surface area contributed by atoms with E-state index in [1.165, 1.54) is 120 Å². The van der Waals surface area contributed by atoms with Gasteiger partial charge < -0.3 is 8.83 Å². The minimum Gasteiger partial charge on any atom is -0.465 e. The Morgan fingerprint density at radius 2 is 1.00 bits per heavy atom. The van der Waals surface area contributed by atoms with Gasteiger partial charge in [-0.15, -0.1) is 8.58 Å². The summed E-state index contributed by atoms with van der Waals surface area (Å²) < 4.78 is 10.3. The third kappa shape index (κ3) is 8.19. The van der Waals surface area contributed by atoms with Crippen molar-refractivity contribution in [2.75, 3.05) is 0 Å². The molecule has 2 saturated carbocycles. The van der Waals surface area contributed by atoms with E-state index in [-0.39, 0.29) is 0 Å². The van der Waals surface area contributed by atoms with Crippen LogP contribution >= 0.6 is 25.0 Å². The summed E-state index contributed by atoms with van der Waals surface area (Å²) in [4.78, 5) is 0. The Morgan fingerprint density at radius 3 is 1.44 bits per heavy atom. The molecule has 0 amide bonds. The van der Waals surface area contributed by atoms with Gasteiger partial charge in [0, 0.05) is 8.58 Å². The normalized spacial score (nSPS) is 16.7. The van der Waals surface area contributed by atoms with E-state index >= 15 is 0 Å². The highest BCUT2D eigenvalue weighted by Crippen LogP contribution is 2.52. The van der Waals surface area contributed by atoms with E-state index < -0.39 is 7.80 Å².